The van der Waals surface area contributed by atoms with Crippen molar-refractivity contribution in [3.63, 3.8) is 0 Å². The molecule has 19 heavy (non-hydrogen) atoms. The fraction of sp³-hybridized carbons (Fsp3) is 0.562. The van der Waals surface area contributed by atoms with Crippen LogP contribution in [0.3, 0.4) is 0 Å². The summed E-state index contributed by atoms with van der Waals surface area (Å²) in [5.74, 6) is 0.907. The number of ether oxygens (including phenoxy) is 1. The van der Waals surface area contributed by atoms with Crippen LogP contribution in [0.4, 0.5) is 0 Å². The predicted molar refractivity (Wildman–Crippen MR) is 83.9 cm³/mol. The molecule has 0 aromatic heterocycles. The van der Waals surface area contributed by atoms with Crippen LogP contribution in [0.5, 0.6) is 5.75 Å². The van der Waals surface area contributed by atoms with Crippen LogP contribution in [0.1, 0.15) is 45.1 Å². The molecule has 1 atom stereocenters. The first-order valence-electron chi connectivity index (χ1n) is 7.09. The Balaban J connectivity index is 2.46. The fourth-order valence-electron chi connectivity index (χ4n) is 1.68. The van der Waals surface area contributed by atoms with E-state index < -0.39 is 0 Å². The summed E-state index contributed by atoms with van der Waals surface area (Å²) >= 11 is 5.91. The molecule has 0 radical (unpaired) electrons. The van der Waals surface area contributed by atoms with Crippen molar-refractivity contribution in [3.8, 4) is 5.75 Å². The molecule has 0 aliphatic heterocycles. The molecule has 0 fully saturated rings. The molecule has 0 spiro atoms. The van der Waals surface area contributed by atoms with Gasteiger partial charge >= 0.3 is 0 Å². The molecule has 0 saturated carbocycles. The SMILES string of the molecule is CCCCN=Cc1ccccc1OCCCC(C)Cl. The highest BCUT2D eigenvalue weighted by Crippen LogP contribution is 2.16. The maximum atomic E-state index is 5.91. The van der Waals surface area contributed by atoms with E-state index in [-0.39, 0.29) is 5.38 Å². The van der Waals surface area contributed by atoms with Gasteiger partial charge in [-0.15, -0.1) is 11.6 Å². The summed E-state index contributed by atoms with van der Waals surface area (Å²) in [6.45, 7) is 5.77. The van der Waals surface area contributed by atoms with Gasteiger partial charge in [-0.3, -0.25) is 4.99 Å². The third-order valence-corrected chi connectivity index (χ3v) is 3.01. The van der Waals surface area contributed by atoms with Crippen LogP contribution in [0, 0.1) is 0 Å². The molecule has 1 rings (SSSR count). The second-order valence-corrected chi connectivity index (χ2v) is 5.44. The molecule has 106 valence electrons. The molecule has 0 saturated heterocycles. The zero-order valence-corrected chi connectivity index (χ0v) is 12.7. The number of alkyl halides is 1. The van der Waals surface area contributed by atoms with Gasteiger partial charge in [0, 0.05) is 23.7 Å². The smallest absolute Gasteiger partial charge is 0.128 e. The van der Waals surface area contributed by atoms with E-state index in [1.165, 1.54) is 6.42 Å². The molecule has 2 nitrogen and oxygen atoms in total. The van der Waals surface area contributed by atoms with Gasteiger partial charge in [0.2, 0.25) is 0 Å². The topological polar surface area (TPSA) is 21.6 Å². The number of aliphatic imine (C=N–C) groups is 1. The summed E-state index contributed by atoms with van der Waals surface area (Å²) < 4.78 is 5.79. The second kappa shape index (κ2) is 9.85. The van der Waals surface area contributed by atoms with Crippen molar-refractivity contribution in [2.45, 2.75) is 44.9 Å². The van der Waals surface area contributed by atoms with Gasteiger partial charge in [0.05, 0.1) is 6.61 Å². The summed E-state index contributed by atoms with van der Waals surface area (Å²) in [6, 6.07) is 8.03. The molecule has 3 heteroatoms. The lowest BCUT2D eigenvalue weighted by atomic mass is 10.2. The molecule has 0 aliphatic carbocycles. The van der Waals surface area contributed by atoms with E-state index in [1.807, 2.05) is 37.4 Å². The average Bonchev–Trinajstić information content (AvgIpc) is 2.41. The minimum absolute atomic E-state index is 0.217. The van der Waals surface area contributed by atoms with Crippen molar-refractivity contribution in [1.82, 2.24) is 0 Å². The summed E-state index contributed by atoms with van der Waals surface area (Å²) in [6.07, 6.45) is 6.18. The van der Waals surface area contributed by atoms with Crippen LogP contribution in [-0.2, 0) is 0 Å². The predicted octanol–water partition coefficient (Wildman–Crippen LogP) is 4.69. The lowest BCUT2D eigenvalue weighted by molar-refractivity contribution is 0.306. The maximum Gasteiger partial charge on any atom is 0.128 e. The third-order valence-electron chi connectivity index (χ3n) is 2.79. The van der Waals surface area contributed by atoms with E-state index in [9.17, 15) is 0 Å². The van der Waals surface area contributed by atoms with E-state index in [0.29, 0.717) is 6.61 Å². The molecular formula is C16H24ClNO. The van der Waals surface area contributed by atoms with Crippen molar-refractivity contribution < 1.29 is 4.74 Å². The van der Waals surface area contributed by atoms with Crippen molar-refractivity contribution in [1.29, 1.82) is 0 Å². The molecule has 0 amide bonds. The molecule has 0 bridgehead atoms. The van der Waals surface area contributed by atoms with Crippen molar-refractivity contribution >= 4 is 17.8 Å². The Morgan fingerprint density at radius 3 is 2.84 bits per heavy atom. The van der Waals surface area contributed by atoms with Crippen LogP contribution < -0.4 is 4.74 Å². The Morgan fingerprint density at radius 2 is 2.11 bits per heavy atom. The number of rotatable bonds is 9. The van der Waals surface area contributed by atoms with Crippen LogP contribution >= 0.6 is 11.6 Å². The highest BCUT2D eigenvalue weighted by atomic mass is 35.5. The fourth-order valence-corrected chi connectivity index (χ4v) is 1.83. The van der Waals surface area contributed by atoms with E-state index in [0.717, 1.165) is 37.1 Å². The lowest BCUT2D eigenvalue weighted by Gasteiger charge is -2.09. The molecule has 1 aromatic rings. The van der Waals surface area contributed by atoms with Crippen LogP contribution in [-0.4, -0.2) is 24.7 Å². The first-order valence-corrected chi connectivity index (χ1v) is 7.53. The largest absolute Gasteiger partial charge is 0.493 e. The number of para-hydroxylation sites is 1. The number of benzene rings is 1. The Kier molecular flexibility index (Phi) is 8.31. The van der Waals surface area contributed by atoms with Crippen molar-refractivity contribution in [3.05, 3.63) is 29.8 Å². The number of hydrogen-bond donors (Lipinski definition) is 0. The van der Waals surface area contributed by atoms with E-state index >= 15 is 0 Å². The first kappa shape index (κ1) is 16.0. The summed E-state index contributed by atoms with van der Waals surface area (Å²) in [4.78, 5) is 4.42. The van der Waals surface area contributed by atoms with Gasteiger partial charge in [-0.25, -0.2) is 0 Å². The minimum atomic E-state index is 0.217. The van der Waals surface area contributed by atoms with Crippen molar-refractivity contribution in [2.24, 2.45) is 4.99 Å². The quantitative estimate of drug-likeness (QED) is 0.365. The Morgan fingerprint density at radius 1 is 1.32 bits per heavy atom. The number of halogens is 1. The highest BCUT2D eigenvalue weighted by Gasteiger charge is 2.01. The van der Waals surface area contributed by atoms with Gasteiger partial charge in [-0.2, -0.15) is 0 Å². The lowest BCUT2D eigenvalue weighted by Crippen LogP contribution is -2.02. The van der Waals surface area contributed by atoms with Gasteiger partial charge in [-0.1, -0.05) is 25.5 Å². The van der Waals surface area contributed by atoms with E-state index in [4.69, 9.17) is 16.3 Å². The molecule has 1 aromatic carbocycles. The Bertz CT molecular complexity index is 377. The standard InChI is InChI=1S/C16H24ClNO/c1-3-4-11-18-13-15-9-5-6-10-16(15)19-12-7-8-14(2)17/h5-6,9-10,13-14H,3-4,7-8,11-12H2,1-2H3. The minimum Gasteiger partial charge on any atom is -0.493 e. The zero-order valence-electron chi connectivity index (χ0n) is 11.9. The van der Waals surface area contributed by atoms with Gasteiger partial charge in [0.25, 0.3) is 0 Å². The average molecular weight is 282 g/mol. The molecule has 0 aliphatic rings. The maximum absolute atomic E-state index is 5.91. The summed E-state index contributed by atoms with van der Waals surface area (Å²) in [5.41, 5.74) is 1.05. The second-order valence-electron chi connectivity index (χ2n) is 4.70. The molecular weight excluding hydrogens is 258 g/mol. The Hall–Kier alpha value is -1.02. The number of nitrogens with zero attached hydrogens (tertiary/aromatic N) is 1. The normalized spacial score (nSPS) is 12.8. The number of hydrogen-bond acceptors (Lipinski definition) is 2. The van der Waals surface area contributed by atoms with Gasteiger partial charge < -0.3 is 4.74 Å². The summed E-state index contributed by atoms with van der Waals surface area (Å²) in [5, 5.41) is 0.217. The van der Waals surface area contributed by atoms with Crippen LogP contribution in [0.15, 0.2) is 29.3 Å². The molecule has 1 unspecified atom stereocenters. The van der Waals surface area contributed by atoms with Gasteiger partial charge in [0.1, 0.15) is 5.75 Å². The highest BCUT2D eigenvalue weighted by molar-refractivity contribution is 6.20. The zero-order chi connectivity index (χ0) is 13.9. The van der Waals surface area contributed by atoms with Crippen molar-refractivity contribution in [2.75, 3.05) is 13.2 Å². The van der Waals surface area contributed by atoms with Crippen LogP contribution in [0.2, 0.25) is 0 Å². The monoisotopic (exact) mass is 281 g/mol. The van der Waals surface area contributed by atoms with Gasteiger partial charge in [-0.05, 0) is 38.3 Å². The molecule has 0 heterocycles. The number of unbranched alkanes of at least 4 members (excludes halogenated alkanes) is 1. The van der Waals surface area contributed by atoms with E-state index in [1.54, 1.807) is 0 Å². The third kappa shape index (κ3) is 7.22. The molecule has 0 N–H and O–H groups in total. The van der Waals surface area contributed by atoms with E-state index in [2.05, 4.69) is 11.9 Å². The van der Waals surface area contributed by atoms with Crippen LogP contribution in [0.25, 0.3) is 0 Å². The first-order chi connectivity index (χ1) is 9.24. The van der Waals surface area contributed by atoms with Gasteiger partial charge in [0.15, 0.2) is 0 Å². The Labute approximate surface area is 121 Å². The summed E-state index contributed by atoms with van der Waals surface area (Å²) in [7, 11) is 0.